The molecule has 0 bridgehead atoms. The molecule has 0 saturated carbocycles. The molecular weight excluding hydrogens is 220 g/mol. The fourth-order valence-corrected chi connectivity index (χ4v) is 1.52. The summed E-state index contributed by atoms with van der Waals surface area (Å²) in [6.07, 6.45) is 3.43. The predicted molar refractivity (Wildman–Crippen MR) is 61.7 cm³/mol. The van der Waals surface area contributed by atoms with Crippen molar-refractivity contribution in [3.05, 3.63) is 58.4 Å². The van der Waals surface area contributed by atoms with E-state index in [-0.39, 0.29) is 5.69 Å². The van der Waals surface area contributed by atoms with E-state index in [1.165, 1.54) is 12.4 Å². The van der Waals surface area contributed by atoms with Gasteiger partial charge < -0.3 is 0 Å². The van der Waals surface area contributed by atoms with Crippen molar-refractivity contribution in [3.63, 3.8) is 0 Å². The standard InChI is InChI=1S/C12H8N2O3/c15-8-9-1-3-10(4-2-9)11-5-6-13-7-12(11)14(16)17/h1-8H. The number of benzene rings is 1. The van der Waals surface area contributed by atoms with Gasteiger partial charge in [0.25, 0.3) is 5.69 Å². The highest BCUT2D eigenvalue weighted by molar-refractivity contribution is 5.78. The van der Waals surface area contributed by atoms with Crippen molar-refractivity contribution in [2.24, 2.45) is 0 Å². The Balaban J connectivity index is 2.52. The third-order valence-electron chi connectivity index (χ3n) is 2.35. The van der Waals surface area contributed by atoms with Gasteiger partial charge in [-0.15, -0.1) is 0 Å². The normalized spacial score (nSPS) is 9.88. The number of pyridine rings is 1. The Kier molecular flexibility index (Phi) is 2.91. The Hall–Kier alpha value is -2.56. The van der Waals surface area contributed by atoms with E-state index < -0.39 is 4.92 Å². The van der Waals surface area contributed by atoms with Crippen LogP contribution in [0.2, 0.25) is 0 Å². The second kappa shape index (κ2) is 4.52. The minimum absolute atomic E-state index is 0.0497. The number of carbonyl (C=O) groups is 1. The number of carbonyl (C=O) groups excluding carboxylic acids is 1. The van der Waals surface area contributed by atoms with Crippen LogP contribution in [-0.4, -0.2) is 16.2 Å². The van der Waals surface area contributed by atoms with Gasteiger partial charge in [0, 0.05) is 11.8 Å². The number of aldehydes is 1. The van der Waals surface area contributed by atoms with E-state index in [4.69, 9.17) is 0 Å². The summed E-state index contributed by atoms with van der Waals surface area (Å²) >= 11 is 0. The molecule has 0 aliphatic carbocycles. The molecule has 1 heterocycles. The van der Waals surface area contributed by atoms with Crippen molar-refractivity contribution in [2.45, 2.75) is 0 Å². The van der Waals surface area contributed by atoms with Crippen LogP contribution in [-0.2, 0) is 0 Å². The second-order valence-corrected chi connectivity index (χ2v) is 3.39. The van der Waals surface area contributed by atoms with E-state index in [1.54, 1.807) is 30.3 Å². The maximum absolute atomic E-state index is 10.8. The Bertz CT molecular complexity index is 564. The van der Waals surface area contributed by atoms with E-state index >= 15 is 0 Å². The van der Waals surface area contributed by atoms with Gasteiger partial charge in [0.1, 0.15) is 12.5 Å². The van der Waals surface area contributed by atoms with Crippen molar-refractivity contribution in [2.75, 3.05) is 0 Å². The summed E-state index contributed by atoms with van der Waals surface area (Å²) in [5.41, 5.74) is 1.66. The fraction of sp³-hybridized carbons (Fsp3) is 0. The minimum Gasteiger partial charge on any atom is -0.298 e. The molecule has 2 rings (SSSR count). The second-order valence-electron chi connectivity index (χ2n) is 3.39. The largest absolute Gasteiger partial charge is 0.298 e. The van der Waals surface area contributed by atoms with E-state index in [2.05, 4.69) is 4.98 Å². The number of hydrogen-bond acceptors (Lipinski definition) is 4. The van der Waals surface area contributed by atoms with Crippen LogP contribution in [0.25, 0.3) is 11.1 Å². The highest BCUT2D eigenvalue weighted by Crippen LogP contribution is 2.28. The third-order valence-corrected chi connectivity index (χ3v) is 2.35. The fourth-order valence-electron chi connectivity index (χ4n) is 1.52. The molecule has 0 N–H and O–H groups in total. The summed E-state index contributed by atoms with van der Waals surface area (Å²) in [5.74, 6) is 0. The van der Waals surface area contributed by atoms with Crippen molar-refractivity contribution < 1.29 is 9.72 Å². The molecule has 0 aliphatic rings. The van der Waals surface area contributed by atoms with Gasteiger partial charge in [-0.25, -0.2) is 0 Å². The summed E-state index contributed by atoms with van der Waals surface area (Å²) < 4.78 is 0. The van der Waals surface area contributed by atoms with Crippen LogP contribution in [0.1, 0.15) is 10.4 Å². The summed E-state index contributed by atoms with van der Waals surface area (Å²) in [4.78, 5) is 24.6. The molecule has 1 aromatic carbocycles. The molecule has 0 aliphatic heterocycles. The number of nitro groups is 1. The van der Waals surface area contributed by atoms with Crippen molar-refractivity contribution >= 4 is 12.0 Å². The summed E-state index contributed by atoms with van der Waals surface area (Å²) in [7, 11) is 0. The van der Waals surface area contributed by atoms with Gasteiger partial charge in [-0.2, -0.15) is 0 Å². The molecule has 0 spiro atoms. The van der Waals surface area contributed by atoms with Crippen LogP contribution in [0.15, 0.2) is 42.7 Å². The van der Waals surface area contributed by atoms with Crippen molar-refractivity contribution in [1.29, 1.82) is 0 Å². The molecule has 84 valence electrons. The lowest BCUT2D eigenvalue weighted by Gasteiger charge is -2.02. The number of hydrogen-bond donors (Lipinski definition) is 0. The average Bonchev–Trinajstić information content (AvgIpc) is 2.39. The van der Waals surface area contributed by atoms with Crippen LogP contribution in [0.3, 0.4) is 0 Å². The van der Waals surface area contributed by atoms with Crippen molar-refractivity contribution in [1.82, 2.24) is 4.98 Å². The lowest BCUT2D eigenvalue weighted by molar-refractivity contribution is -0.384. The van der Waals surface area contributed by atoms with Crippen LogP contribution in [0.5, 0.6) is 0 Å². The zero-order valence-corrected chi connectivity index (χ0v) is 8.74. The van der Waals surface area contributed by atoms with Gasteiger partial charge in [0.15, 0.2) is 0 Å². The molecule has 1 aromatic heterocycles. The molecule has 0 amide bonds. The topological polar surface area (TPSA) is 73.1 Å². The summed E-state index contributed by atoms with van der Waals surface area (Å²) in [6, 6.07) is 8.16. The molecule has 0 unspecified atom stereocenters. The molecule has 0 atom stereocenters. The van der Waals surface area contributed by atoms with Gasteiger partial charge in [-0.1, -0.05) is 24.3 Å². The van der Waals surface area contributed by atoms with Gasteiger partial charge >= 0.3 is 0 Å². The maximum Gasteiger partial charge on any atom is 0.295 e. The average molecular weight is 228 g/mol. The number of rotatable bonds is 3. The summed E-state index contributed by atoms with van der Waals surface area (Å²) in [5, 5.41) is 10.8. The first-order chi connectivity index (χ1) is 8.22. The first-order valence-electron chi connectivity index (χ1n) is 4.86. The summed E-state index contributed by atoms with van der Waals surface area (Å²) in [6.45, 7) is 0. The lowest BCUT2D eigenvalue weighted by atomic mass is 10.0. The zero-order valence-electron chi connectivity index (χ0n) is 8.74. The molecule has 0 saturated heterocycles. The van der Waals surface area contributed by atoms with Gasteiger partial charge in [0.05, 0.1) is 10.5 Å². The van der Waals surface area contributed by atoms with Gasteiger partial charge in [-0.05, 0) is 11.6 Å². The third kappa shape index (κ3) is 2.17. The first kappa shape index (κ1) is 10.9. The quantitative estimate of drug-likeness (QED) is 0.459. The molecular formula is C12H8N2O3. The monoisotopic (exact) mass is 228 g/mol. The Labute approximate surface area is 96.9 Å². The highest BCUT2D eigenvalue weighted by atomic mass is 16.6. The predicted octanol–water partition coefficient (Wildman–Crippen LogP) is 2.47. The molecule has 5 heteroatoms. The van der Waals surface area contributed by atoms with Gasteiger partial charge in [0.2, 0.25) is 0 Å². The minimum atomic E-state index is -0.476. The Morgan fingerprint density at radius 1 is 1.18 bits per heavy atom. The van der Waals surface area contributed by atoms with Gasteiger partial charge in [-0.3, -0.25) is 19.9 Å². The maximum atomic E-state index is 10.8. The van der Waals surface area contributed by atoms with Crippen LogP contribution < -0.4 is 0 Å². The number of aromatic nitrogens is 1. The first-order valence-corrected chi connectivity index (χ1v) is 4.86. The van der Waals surface area contributed by atoms with Crippen LogP contribution in [0, 0.1) is 10.1 Å². The van der Waals surface area contributed by atoms with E-state index in [0.717, 1.165) is 6.29 Å². The van der Waals surface area contributed by atoms with Crippen LogP contribution >= 0.6 is 0 Å². The zero-order chi connectivity index (χ0) is 12.3. The highest BCUT2D eigenvalue weighted by Gasteiger charge is 2.14. The van der Waals surface area contributed by atoms with E-state index in [9.17, 15) is 14.9 Å². The Morgan fingerprint density at radius 3 is 2.47 bits per heavy atom. The van der Waals surface area contributed by atoms with Crippen LogP contribution in [0.4, 0.5) is 5.69 Å². The smallest absolute Gasteiger partial charge is 0.295 e. The molecule has 0 fully saturated rings. The molecule has 17 heavy (non-hydrogen) atoms. The molecule has 2 aromatic rings. The Morgan fingerprint density at radius 2 is 1.88 bits per heavy atom. The van der Waals surface area contributed by atoms with E-state index in [0.29, 0.717) is 16.7 Å². The molecule has 0 radical (unpaired) electrons. The SMILES string of the molecule is O=Cc1ccc(-c2ccncc2[N+](=O)[O-])cc1. The molecule has 5 nitrogen and oxygen atoms in total. The number of nitrogens with zero attached hydrogens (tertiary/aromatic N) is 2. The van der Waals surface area contributed by atoms with E-state index in [1.807, 2.05) is 0 Å². The van der Waals surface area contributed by atoms with Crippen molar-refractivity contribution in [3.8, 4) is 11.1 Å². The lowest BCUT2D eigenvalue weighted by Crippen LogP contribution is -1.93.